The molecule has 142 valence electrons. The first kappa shape index (κ1) is 19.6. The van der Waals surface area contributed by atoms with E-state index in [1.807, 2.05) is 37.3 Å². The standard InChI is InChI=1S/C19H23N5OS2/c1-14(16(25)22-19(13-20)10-6-3-7-11-19)26-18-24-23-17(27-18)21-12-15-8-4-2-5-9-15/h2,4-5,8-9,14H,3,6-7,10-12H2,1H3,(H,21,23)(H,22,25)/t14-/m0/s1. The zero-order valence-electron chi connectivity index (χ0n) is 15.3. The SMILES string of the molecule is C[C@H](Sc1nnc(NCc2ccccc2)s1)C(=O)NC1(C#N)CCCCC1. The van der Waals surface area contributed by atoms with E-state index in [4.69, 9.17) is 0 Å². The number of aromatic nitrogens is 2. The molecule has 0 unspecified atom stereocenters. The molecule has 1 atom stereocenters. The molecule has 0 saturated heterocycles. The topological polar surface area (TPSA) is 90.7 Å². The normalized spacial score (nSPS) is 16.9. The number of amides is 1. The van der Waals surface area contributed by atoms with Crippen LogP contribution >= 0.6 is 23.1 Å². The Hall–Kier alpha value is -2.11. The summed E-state index contributed by atoms with van der Waals surface area (Å²) in [7, 11) is 0. The van der Waals surface area contributed by atoms with Gasteiger partial charge in [0.1, 0.15) is 5.54 Å². The maximum absolute atomic E-state index is 12.6. The number of benzene rings is 1. The molecule has 8 heteroatoms. The van der Waals surface area contributed by atoms with E-state index in [0.717, 1.165) is 41.6 Å². The molecule has 0 radical (unpaired) electrons. The minimum atomic E-state index is -0.701. The van der Waals surface area contributed by atoms with E-state index >= 15 is 0 Å². The Labute approximate surface area is 167 Å². The molecule has 2 aromatic rings. The van der Waals surface area contributed by atoms with Crippen LogP contribution in [0.3, 0.4) is 0 Å². The van der Waals surface area contributed by atoms with Crippen LogP contribution in [0, 0.1) is 11.3 Å². The molecule has 1 fully saturated rings. The summed E-state index contributed by atoms with van der Waals surface area (Å²) in [5, 5.41) is 24.5. The Morgan fingerprint density at radius 3 is 2.74 bits per heavy atom. The first-order valence-corrected chi connectivity index (χ1v) is 10.8. The number of nitrogens with zero attached hydrogens (tertiary/aromatic N) is 3. The van der Waals surface area contributed by atoms with Crippen molar-refractivity contribution in [3.8, 4) is 6.07 Å². The van der Waals surface area contributed by atoms with E-state index in [0.29, 0.717) is 6.54 Å². The third-order valence-electron chi connectivity index (χ3n) is 4.62. The molecule has 3 rings (SSSR count). The molecule has 1 aromatic heterocycles. The van der Waals surface area contributed by atoms with Crippen LogP contribution in [0.25, 0.3) is 0 Å². The zero-order chi connectivity index (χ0) is 19.1. The van der Waals surface area contributed by atoms with Crippen LogP contribution in [-0.4, -0.2) is 26.9 Å². The van der Waals surface area contributed by atoms with Crippen molar-refractivity contribution < 1.29 is 4.79 Å². The lowest BCUT2D eigenvalue weighted by atomic mass is 9.83. The quantitative estimate of drug-likeness (QED) is 0.682. The van der Waals surface area contributed by atoms with Gasteiger partial charge in [0.2, 0.25) is 11.0 Å². The number of anilines is 1. The van der Waals surface area contributed by atoms with E-state index in [2.05, 4.69) is 26.9 Å². The number of hydrogen-bond acceptors (Lipinski definition) is 7. The second-order valence-electron chi connectivity index (χ2n) is 6.72. The van der Waals surface area contributed by atoms with Crippen molar-refractivity contribution in [2.45, 2.75) is 60.7 Å². The fourth-order valence-corrected chi connectivity index (χ4v) is 4.96. The van der Waals surface area contributed by atoms with Crippen molar-refractivity contribution in [2.75, 3.05) is 5.32 Å². The summed E-state index contributed by atoms with van der Waals surface area (Å²) in [6.07, 6.45) is 4.58. The van der Waals surface area contributed by atoms with Gasteiger partial charge in [-0.15, -0.1) is 10.2 Å². The highest BCUT2D eigenvalue weighted by Crippen LogP contribution is 2.31. The number of rotatable bonds is 7. The van der Waals surface area contributed by atoms with Crippen molar-refractivity contribution in [1.82, 2.24) is 15.5 Å². The number of hydrogen-bond donors (Lipinski definition) is 2. The maximum atomic E-state index is 12.6. The van der Waals surface area contributed by atoms with E-state index in [1.165, 1.54) is 28.7 Å². The highest BCUT2D eigenvalue weighted by molar-refractivity contribution is 8.02. The van der Waals surface area contributed by atoms with Crippen molar-refractivity contribution in [3.63, 3.8) is 0 Å². The molecule has 1 aliphatic carbocycles. The van der Waals surface area contributed by atoms with Crippen LogP contribution in [-0.2, 0) is 11.3 Å². The van der Waals surface area contributed by atoms with Crippen LogP contribution in [0.5, 0.6) is 0 Å². The molecule has 1 heterocycles. The van der Waals surface area contributed by atoms with Crippen LogP contribution in [0.4, 0.5) is 5.13 Å². The fourth-order valence-electron chi connectivity index (χ4n) is 3.06. The Morgan fingerprint density at radius 1 is 1.30 bits per heavy atom. The summed E-state index contributed by atoms with van der Waals surface area (Å²) in [6, 6.07) is 12.4. The van der Waals surface area contributed by atoms with Crippen LogP contribution in [0.15, 0.2) is 34.7 Å². The molecule has 1 saturated carbocycles. The van der Waals surface area contributed by atoms with E-state index < -0.39 is 5.54 Å². The smallest absolute Gasteiger partial charge is 0.234 e. The van der Waals surface area contributed by atoms with Gasteiger partial charge in [0.25, 0.3) is 0 Å². The predicted molar refractivity (Wildman–Crippen MR) is 109 cm³/mol. The molecule has 1 aromatic carbocycles. The van der Waals surface area contributed by atoms with Crippen molar-refractivity contribution in [1.29, 1.82) is 5.26 Å². The van der Waals surface area contributed by atoms with Crippen molar-refractivity contribution >= 4 is 34.1 Å². The summed E-state index contributed by atoms with van der Waals surface area (Å²) < 4.78 is 0.739. The Bertz CT molecular complexity index is 796. The van der Waals surface area contributed by atoms with Gasteiger partial charge in [-0.05, 0) is 25.3 Å². The number of thioether (sulfide) groups is 1. The minimum absolute atomic E-state index is 0.113. The average Bonchev–Trinajstić information content (AvgIpc) is 3.15. The van der Waals surface area contributed by atoms with Gasteiger partial charge in [-0.1, -0.05) is 72.7 Å². The summed E-state index contributed by atoms with van der Waals surface area (Å²) in [5.41, 5.74) is 0.470. The molecule has 1 aliphatic rings. The molecule has 1 amide bonds. The van der Waals surface area contributed by atoms with Gasteiger partial charge < -0.3 is 10.6 Å². The molecule has 0 bridgehead atoms. The third kappa shape index (κ3) is 5.44. The summed E-state index contributed by atoms with van der Waals surface area (Å²) in [6.45, 7) is 2.52. The Morgan fingerprint density at radius 2 is 2.04 bits per heavy atom. The van der Waals surface area contributed by atoms with Crippen LogP contribution in [0.1, 0.15) is 44.6 Å². The van der Waals surface area contributed by atoms with Gasteiger partial charge in [0, 0.05) is 6.54 Å². The van der Waals surface area contributed by atoms with Gasteiger partial charge in [-0.2, -0.15) is 5.26 Å². The lowest BCUT2D eigenvalue weighted by Gasteiger charge is -2.32. The molecule has 0 spiro atoms. The average molecular weight is 402 g/mol. The first-order chi connectivity index (χ1) is 13.1. The molecule has 6 nitrogen and oxygen atoms in total. The van der Waals surface area contributed by atoms with Gasteiger partial charge in [0.15, 0.2) is 4.34 Å². The predicted octanol–water partition coefficient (Wildman–Crippen LogP) is 3.97. The lowest BCUT2D eigenvalue weighted by molar-refractivity contribution is -0.121. The van der Waals surface area contributed by atoms with E-state index in [9.17, 15) is 10.1 Å². The van der Waals surface area contributed by atoms with Crippen LogP contribution < -0.4 is 10.6 Å². The molecular weight excluding hydrogens is 378 g/mol. The Kier molecular flexibility index (Phi) is 6.69. The fraction of sp³-hybridized carbons (Fsp3) is 0.474. The highest BCUT2D eigenvalue weighted by Gasteiger charge is 2.35. The summed E-state index contributed by atoms with van der Waals surface area (Å²) in [4.78, 5) is 12.6. The first-order valence-electron chi connectivity index (χ1n) is 9.11. The number of carbonyl (C=O) groups is 1. The maximum Gasteiger partial charge on any atom is 0.234 e. The largest absolute Gasteiger partial charge is 0.356 e. The van der Waals surface area contributed by atoms with Crippen molar-refractivity contribution in [2.24, 2.45) is 0 Å². The molecule has 2 N–H and O–H groups in total. The minimum Gasteiger partial charge on any atom is -0.356 e. The van der Waals surface area contributed by atoms with Gasteiger partial charge in [-0.25, -0.2) is 0 Å². The van der Waals surface area contributed by atoms with Gasteiger partial charge in [-0.3, -0.25) is 4.79 Å². The lowest BCUT2D eigenvalue weighted by Crippen LogP contribution is -2.50. The Balaban J connectivity index is 1.51. The van der Waals surface area contributed by atoms with Crippen LogP contribution in [0.2, 0.25) is 0 Å². The van der Waals surface area contributed by atoms with E-state index in [1.54, 1.807) is 0 Å². The zero-order valence-corrected chi connectivity index (χ0v) is 16.9. The van der Waals surface area contributed by atoms with Crippen molar-refractivity contribution in [3.05, 3.63) is 35.9 Å². The number of nitriles is 1. The summed E-state index contributed by atoms with van der Waals surface area (Å²) in [5.74, 6) is -0.113. The molecule has 0 aliphatic heterocycles. The summed E-state index contributed by atoms with van der Waals surface area (Å²) >= 11 is 2.81. The van der Waals surface area contributed by atoms with Gasteiger partial charge >= 0.3 is 0 Å². The second kappa shape index (κ2) is 9.20. The van der Waals surface area contributed by atoms with Gasteiger partial charge in [0.05, 0.1) is 11.3 Å². The van der Waals surface area contributed by atoms with E-state index in [-0.39, 0.29) is 11.2 Å². The number of nitrogens with one attached hydrogen (secondary N) is 2. The third-order valence-corrected chi connectivity index (χ3v) is 6.69. The number of carbonyl (C=O) groups excluding carboxylic acids is 1. The molecular formula is C19H23N5OS2. The highest BCUT2D eigenvalue weighted by atomic mass is 32.2. The second-order valence-corrected chi connectivity index (χ2v) is 9.28. The molecule has 27 heavy (non-hydrogen) atoms. The monoisotopic (exact) mass is 401 g/mol.